The van der Waals surface area contributed by atoms with Crippen molar-refractivity contribution in [3.63, 3.8) is 0 Å². The Hall–Kier alpha value is -1.72. The normalized spacial score (nSPS) is 11.4. The van der Waals surface area contributed by atoms with Gasteiger partial charge in [-0.25, -0.2) is 9.59 Å². The standard InChI is InChI=1S/C6H10O4.C4H6O6.Fe.H2O/c7-5(8)3-1-2-4-6(9)10;5-1(3(7)8)2(6)4(9)10;;/h1-4H2,(H,7,8)(H,9,10);1-2,5-6H,(H,7,8)(H,9,10);;1H2. The number of hydrogen-bond acceptors (Lipinski definition) is 6. The molecule has 0 aromatic heterocycles. The van der Waals surface area contributed by atoms with Crippen LogP contribution in [0.3, 0.4) is 0 Å². The van der Waals surface area contributed by atoms with Crippen LogP contribution in [0.4, 0.5) is 0 Å². The van der Waals surface area contributed by atoms with E-state index in [4.69, 9.17) is 30.6 Å². The molecule has 11 nitrogen and oxygen atoms in total. The van der Waals surface area contributed by atoms with Gasteiger partial charge < -0.3 is 36.1 Å². The van der Waals surface area contributed by atoms with Crippen molar-refractivity contribution in [2.24, 2.45) is 0 Å². The van der Waals surface area contributed by atoms with E-state index in [1.165, 1.54) is 0 Å². The van der Waals surface area contributed by atoms with Crippen molar-refractivity contribution in [3.05, 3.63) is 0 Å². The minimum atomic E-state index is -2.27. The Kier molecular flexibility index (Phi) is 20.3. The number of aliphatic carboxylic acids is 4. The van der Waals surface area contributed by atoms with E-state index < -0.39 is 36.1 Å². The average Bonchev–Trinajstić information content (AvgIpc) is 2.32. The second-order valence-electron chi connectivity index (χ2n) is 3.56. The molecule has 0 aromatic carbocycles. The summed E-state index contributed by atoms with van der Waals surface area (Å²) in [5, 5.41) is 48.8. The van der Waals surface area contributed by atoms with E-state index in [9.17, 15) is 19.2 Å². The van der Waals surface area contributed by atoms with Crippen LogP contribution in [0.25, 0.3) is 0 Å². The van der Waals surface area contributed by atoms with E-state index in [0.717, 1.165) is 0 Å². The molecule has 0 aliphatic rings. The minimum Gasteiger partial charge on any atom is -0.481 e. The molecule has 2 unspecified atom stereocenters. The summed E-state index contributed by atoms with van der Waals surface area (Å²) in [7, 11) is 0. The van der Waals surface area contributed by atoms with Crippen LogP contribution in [0, 0.1) is 0 Å². The first-order valence-electron chi connectivity index (χ1n) is 5.35. The molecule has 22 heavy (non-hydrogen) atoms. The molecule has 0 aromatic rings. The molecule has 0 saturated heterocycles. The molecule has 0 bridgehead atoms. The smallest absolute Gasteiger partial charge is 0.335 e. The zero-order valence-electron chi connectivity index (χ0n) is 11.2. The van der Waals surface area contributed by atoms with Crippen LogP contribution in [0.5, 0.6) is 0 Å². The molecular formula is C10H18FeO11. The number of rotatable bonds is 8. The fraction of sp³-hybridized carbons (Fsp3) is 0.600. The summed E-state index contributed by atoms with van der Waals surface area (Å²) >= 11 is 0. The van der Waals surface area contributed by atoms with Crippen molar-refractivity contribution < 1.29 is 72.4 Å². The van der Waals surface area contributed by atoms with Gasteiger partial charge in [-0.1, -0.05) is 0 Å². The Morgan fingerprint density at radius 2 is 0.909 bits per heavy atom. The molecule has 0 fully saturated rings. The van der Waals surface area contributed by atoms with E-state index in [1.807, 2.05) is 0 Å². The van der Waals surface area contributed by atoms with E-state index in [0.29, 0.717) is 12.8 Å². The fourth-order valence-corrected chi connectivity index (χ4v) is 0.823. The Labute approximate surface area is 135 Å². The SMILES string of the molecule is O.O=C(O)C(O)C(O)C(=O)O.O=C(O)CCCCC(=O)O.[Fe]. The predicted molar refractivity (Wildman–Crippen MR) is 64.6 cm³/mol. The summed E-state index contributed by atoms with van der Waals surface area (Å²) < 4.78 is 0. The van der Waals surface area contributed by atoms with Gasteiger partial charge in [0.1, 0.15) is 0 Å². The van der Waals surface area contributed by atoms with Crippen LogP contribution < -0.4 is 0 Å². The fourth-order valence-electron chi connectivity index (χ4n) is 0.823. The van der Waals surface area contributed by atoms with Gasteiger partial charge in [0.2, 0.25) is 0 Å². The maximum Gasteiger partial charge on any atom is 0.335 e. The number of hydrogen-bond donors (Lipinski definition) is 6. The van der Waals surface area contributed by atoms with Crippen molar-refractivity contribution in [2.75, 3.05) is 0 Å². The van der Waals surface area contributed by atoms with Crippen molar-refractivity contribution >= 4 is 23.9 Å². The number of carboxylic acids is 4. The second kappa shape index (κ2) is 15.7. The molecule has 0 spiro atoms. The van der Waals surface area contributed by atoms with Gasteiger partial charge in [0.15, 0.2) is 12.2 Å². The van der Waals surface area contributed by atoms with Crippen LogP contribution in [-0.2, 0) is 36.2 Å². The van der Waals surface area contributed by atoms with Crippen molar-refractivity contribution in [2.45, 2.75) is 37.9 Å². The van der Waals surface area contributed by atoms with E-state index >= 15 is 0 Å². The average molecular weight is 370 g/mol. The summed E-state index contributed by atoms with van der Waals surface area (Å²) in [5.41, 5.74) is 0. The largest absolute Gasteiger partial charge is 0.481 e. The van der Waals surface area contributed by atoms with Crippen LogP contribution in [0.15, 0.2) is 0 Å². The van der Waals surface area contributed by atoms with Gasteiger partial charge in [0.25, 0.3) is 0 Å². The monoisotopic (exact) mass is 370 g/mol. The molecule has 132 valence electrons. The molecule has 0 amide bonds. The van der Waals surface area contributed by atoms with Crippen LogP contribution >= 0.6 is 0 Å². The summed E-state index contributed by atoms with van der Waals surface area (Å²) in [5.74, 6) is -5.28. The van der Waals surface area contributed by atoms with Gasteiger partial charge in [-0.05, 0) is 12.8 Å². The number of carbonyl (C=O) groups is 4. The third-order valence-corrected chi connectivity index (χ3v) is 1.84. The van der Waals surface area contributed by atoms with E-state index in [1.54, 1.807) is 0 Å². The van der Waals surface area contributed by atoms with Crippen LogP contribution in [0.1, 0.15) is 25.7 Å². The number of carboxylic acid groups (broad SMARTS) is 4. The molecule has 0 rings (SSSR count). The number of aliphatic hydroxyl groups is 2. The summed E-state index contributed by atoms with van der Waals surface area (Å²) in [6.07, 6.45) is -3.51. The van der Waals surface area contributed by atoms with Gasteiger partial charge in [-0.2, -0.15) is 0 Å². The molecule has 12 heteroatoms. The molecule has 0 radical (unpaired) electrons. The van der Waals surface area contributed by atoms with Crippen LogP contribution in [0.2, 0.25) is 0 Å². The predicted octanol–water partition coefficient (Wildman–Crippen LogP) is -2.23. The van der Waals surface area contributed by atoms with Gasteiger partial charge in [-0.15, -0.1) is 0 Å². The molecular weight excluding hydrogens is 352 g/mol. The Morgan fingerprint density at radius 1 is 0.682 bits per heavy atom. The zero-order valence-corrected chi connectivity index (χ0v) is 12.3. The first kappa shape index (κ1) is 28.4. The topological polar surface area (TPSA) is 221 Å². The summed E-state index contributed by atoms with van der Waals surface area (Å²) in [6.45, 7) is 0. The minimum absolute atomic E-state index is 0. The molecule has 8 N–H and O–H groups in total. The van der Waals surface area contributed by atoms with E-state index in [-0.39, 0.29) is 35.4 Å². The number of aliphatic hydroxyl groups excluding tert-OH is 2. The maximum atomic E-state index is 9.90. The molecule has 2 atom stereocenters. The quantitative estimate of drug-likeness (QED) is 0.199. The molecule has 0 saturated carbocycles. The van der Waals surface area contributed by atoms with Gasteiger partial charge in [0.05, 0.1) is 0 Å². The van der Waals surface area contributed by atoms with Gasteiger partial charge in [0, 0.05) is 29.9 Å². The first-order chi connectivity index (χ1) is 9.09. The first-order valence-corrected chi connectivity index (χ1v) is 5.35. The summed E-state index contributed by atoms with van der Waals surface area (Å²) in [6, 6.07) is 0. The second-order valence-corrected chi connectivity index (χ2v) is 3.56. The Bertz CT molecular complexity index is 323. The zero-order chi connectivity index (χ0) is 16.3. The van der Waals surface area contributed by atoms with Crippen molar-refractivity contribution in [1.82, 2.24) is 0 Å². The Morgan fingerprint density at radius 3 is 1.05 bits per heavy atom. The Balaban J connectivity index is -0.000000135. The van der Waals surface area contributed by atoms with Crippen molar-refractivity contribution in [1.29, 1.82) is 0 Å². The van der Waals surface area contributed by atoms with Gasteiger partial charge >= 0.3 is 23.9 Å². The third-order valence-electron chi connectivity index (χ3n) is 1.84. The van der Waals surface area contributed by atoms with Gasteiger partial charge in [-0.3, -0.25) is 9.59 Å². The molecule has 0 heterocycles. The third kappa shape index (κ3) is 18.3. The maximum absolute atomic E-state index is 9.90. The molecule has 0 aliphatic carbocycles. The van der Waals surface area contributed by atoms with Crippen molar-refractivity contribution in [3.8, 4) is 0 Å². The van der Waals surface area contributed by atoms with Crippen LogP contribution in [-0.4, -0.2) is 72.2 Å². The molecule has 0 aliphatic heterocycles. The summed E-state index contributed by atoms with van der Waals surface area (Å²) in [4.78, 5) is 39.3. The van der Waals surface area contributed by atoms with E-state index in [2.05, 4.69) is 0 Å². The number of unbranched alkanes of at least 4 members (excludes halogenated alkanes) is 1.